The summed E-state index contributed by atoms with van der Waals surface area (Å²) in [5.41, 5.74) is 0.836. The maximum absolute atomic E-state index is 13.1. The van der Waals surface area contributed by atoms with Crippen LogP contribution in [0.25, 0.3) is 0 Å². The van der Waals surface area contributed by atoms with E-state index in [2.05, 4.69) is 28.2 Å². The summed E-state index contributed by atoms with van der Waals surface area (Å²) in [7, 11) is 0. The van der Waals surface area contributed by atoms with Crippen LogP contribution in [-0.2, 0) is 0 Å². The predicted octanol–water partition coefficient (Wildman–Crippen LogP) is 3.75. The maximum Gasteiger partial charge on any atom is 0.139 e. The van der Waals surface area contributed by atoms with Crippen molar-refractivity contribution in [1.82, 2.24) is 0 Å². The highest BCUT2D eigenvalue weighted by Crippen LogP contribution is 2.19. The van der Waals surface area contributed by atoms with Crippen LogP contribution >= 0.6 is 27.7 Å². The van der Waals surface area contributed by atoms with Crippen LogP contribution in [0.1, 0.15) is 6.92 Å². The summed E-state index contributed by atoms with van der Waals surface area (Å²) < 4.78 is 13.6. The molecule has 1 N–H and O–H groups in total. The molecule has 78 valence electrons. The Bertz CT molecular complexity index is 293. The van der Waals surface area contributed by atoms with Crippen LogP contribution in [0.2, 0.25) is 0 Å². The van der Waals surface area contributed by atoms with Crippen molar-refractivity contribution in [2.45, 2.75) is 6.92 Å². The van der Waals surface area contributed by atoms with E-state index in [1.807, 2.05) is 17.8 Å². The third kappa shape index (κ3) is 3.88. The van der Waals surface area contributed by atoms with Crippen LogP contribution in [0.5, 0.6) is 0 Å². The average molecular weight is 278 g/mol. The Labute approximate surface area is 96.6 Å². The highest BCUT2D eigenvalue weighted by atomic mass is 79.9. The van der Waals surface area contributed by atoms with Crippen molar-refractivity contribution in [3.63, 3.8) is 0 Å². The molecule has 0 aliphatic carbocycles. The summed E-state index contributed by atoms with van der Waals surface area (Å²) in [4.78, 5) is 0. The molecule has 0 heterocycles. The van der Waals surface area contributed by atoms with E-state index >= 15 is 0 Å². The van der Waals surface area contributed by atoms with E-state index in [4.69, 9.17) is 0 Å². The summed E-state index contributed by atoms with van der Waals surface area (Å²) >= 11 is 4.98. The molecule has 0 aliphatic rings. The van der Waals surface area contributed by atoms with Gasteiger partial charge in [0.25, 0.3) is 0 Å². The molecule has 1 aromatic rings. The first-order chi connectivity index (χ1) is 6.74. The zero-order valence-electron chi connectivity index (χ0n) is 8.02. The molecule has 14 heavy (non-hydrogen) atoms. The van der Waals surface area contributed by atoms with Crippen LogP contribution in [-0.4, -0.2) is 18.1 Å². The lowest BCUT2D eigenvalue weighted by molar-refractivity contribution is 0.621. The van der Waals surface area contributed by atoms with Gasteiger partial charge in [-0.2, -0.15) is 11.8 Å². The zero-order valence-corrected chi connectivity index (χ0v) is 10.4. The van der Waals surface area contributed by atoms with Gasteiger partial charge < -0.3 is 5.32 Å². The Hall–Kier alpha value is -0.220. The predicted molar refractivity (Wildman–Crippen MR) is 65.6 cm³/mol. The van der Waals surface area contributed by atoms with E-state index < -0.39 is 0 Å². The smallest absolute Gasteiger partial charge is 0.139 e. The molecule has 0 unspecified atom stereocenters. The number of hydrogen-bond donors (Lipinski definition) is 1. The van der Waals surface area contributed by atoms with E-state index in [0.717, 1.165) is 23.7 Å². The molecular weight excluding hydrogens is 265 g/mol. The molecular formula is C10H13BrFNS. The van der Waals surface area contributed by atoms with Gasteiger partial charge in [0.2, 0.25) is 0 Å². The zero-order chi connectivity index (χ0) is 10.4. The molecule has 0 aliphatic heterocycles. The van der Waals surface area contributed by atoms with Crippen LogP contribution in [0.3, 0.4) is 0 Å². The number of anilines is 1. The SMILES string of the molecule is CCSCCNc1ccc(Br)c(F)c1. The van der Waals surface area contributed by atoms with Gasteiger partial charge in [-0.25, -0.2) is 4.39 Å². The number of hydrogen-bond acceptors (Lipinski definition) is 2. The van der Waals surface area contributed by atoms with Crippen molar-refractivity contribution < 1.29 is 4.39 Å². The number of nitrogens with one attached hydrogen (secondary N) is 1. The maximum atomic E-state index is 13.1. The third-order valence-electron chi connectivity index (χ3n) is 1.70. The van der Waals surface area contributed by atoms with Gasteiger partial charge in [0.05, 0.1) is 4.47 Å². The molecule has 0 radical (unpaired) electrons. The monoisotopic (exact) mass is 277 g/mol. The second-order valence-corrected chi connectivity index (χ2v) is 5.00. The van der Waals surface area contributed by atoms with Crippen LogP contribution < -0.4 is 5.32 Å². The molecule has 4 heteroatoms. The number of halogens is 2. The summed E-state index contributed by atoms with van der Waals surface area (Å²) in [5, 5.41) is 3.17. The second-order valence-electron chi connectivity index (χ2n) is 2.75. The summed E-state index contributed by atoms with van der Waals surface area (Å²) in [5.74, 6) is 1.95. The Balaban J connectivity index is 2.39. The summed E-state index contributed by atoms with van der Waals surface area (Å²) in [6.07, 6.45) is 0. The molecule has 1 nitrogen and oxygen atoms in total. The molecule has 0 amide bonds. The van der Waals surface area contributed by atoms with Crippen LogP contribution in [0.15, 0.2) is 22.7 Å². The van der Waals surface area contributed by atoms with Gasteiger partial charge in [-0.3, -0.25) is 0 Å². The molecule has 0 saturated carbocycles. The van der Waals surface area contributed by atoms with E-state index in [9.17, 15) is 4.39 Å². The fourth-order valence-electron chi connectivity index (χ4n) is 1.02. The molecule has 0 fully saturated rings. The minimum absolute atomic E-state index is 0.224. The Morgan fingerprint density at radius 2 is 2.29 bits per heavy atom. The Morgan fingerprint density at radius 3 is 2.93 bits per heavy atom. The Kier molecular flexibility index (Phi) is 5.33. The topological polar surface area (TPSA) is 12.0 Å². The molecule has 0 saturated heterocycles. The van der Waals surface area contributed by atoms with Gasteiger partial charge in [-0.1, -0.05) is 6.92 Å². The number of thioether (sulfide) groups is 1. The normalized spacial score (nSPS) is 10.2. The van der Waals surface area contributed by atoms with Gasteiger partial charge in [-0.15, -0.1) is 0 Å². The van der Waals surface area contributed by atoms with Crippen molar-refractivity contribution in [2.75, 3.05) is 23.4 Å². The van der Waals surface area contributed by atoms with Gasteiger partial charge in [0.15, 0.2) is 0 Å². The molecule has 0 spiro atoms. The van der Waals surface area contributed by atoms with Crippen molar-refractivity contribution in [3.05, 3.63) is 28.5 Å². The van der Waals surface area contributed by atoms with Crippen molar-refractivity contribution in [3.8, 4) is 0 Å². The second kappa shape index (κ2) is 6.30. The highest BCUT2D eigenvalue weighted by Gasteiger charge is 1.99. The minimum atomic E-state index is -0.224. The minimum Gasteiger partial charge on any atom is -0.384 e. The van der Waals surface area contributed by atoms with Gasteiger partial charge in [-0.05, 0) is 39.9 Å². The van der Waals surface area contributed by atoms with Gasteiger partial charge in [0, 0.05) is 18.0 Å². The van der Waals surface area contributed by atoms with Crippen LogP contribution in [0, 0.1) is 5.82 Å². The van der Waals surface area contributed by atoms with Gasteiger partial charge in [0.1, 0.15) is 5.82 Å². The number of rotatable bonds is 5. The fraction of sp³-hybridized carbons (Fsp3) is 0.400. The third-order valence-corrected chi connectivity index (χ3v) is 3.24. The first-order valence-electron chi connectivity index (χ1n) is 4.50. The first kappa shape index (κ1) is 11.9. The number of benzene rings is 1. The van der Waals surface area contributed by atoms with Gasteiger partial charge >= 0.3 is 0 Å². The highest BCUT2D eigenvalue weighted by molar-refractivity contribution is 9.10. The van der Waals surface area contributed by atoms with E-state index in [0.29, 0.717) is 4.47 Å². The standard InChI is InChI=1S/C10H13BrFNS/c1-2-14-6-5-13-8-3-4-9(11)10(12)7-8/h3-4,7,13H,2,5-6H2,1H3. The summed E-state index contributed by atoms with van der Waals surface area (Å²) in [6.45, 7) is 3.00. The summed E-state index contributed by atoms with van der Waals surface area (Å²) in [6, 6.07) is 5.08. The quantitative estimate of drug-likeness (QED) is 0.823. The fourth-order valence-corrected chi connectivity index (χ4v) is 1.80. The average Bonchev–Trinajstić information content (AvgIpc) is 2.18. The van der Waals surface area contributed by atoms with Crippen molar-refractivity contribution >= 4 is 33.4 Å². The molecule has 1 rings (SSSR count). The lowest BCUT2D eigenvalue weighted by Crippen LogP contribution is -2.04. The molecule has 0 atom stereocenters. The van der Waals surface area contributed by atoms with Crippen molar-refractivity contribution in [2.24, 2.45) is 0 Å². The lowest BCUT2D eigenvalue weighted by atomic mass is 10.3. The van der Waals surface area contributed by atoms with E-state index in [1.54, 1.807) is 6.07 Å². The van der Waals surface area contributed by atoms with Crippen LogP contribution in [0.4, 0.5) is 10.1 Å². The molecule has 0 aromatic heterocycles. The first-order valence-corrected chi connectivity index (χ1v) is 6.45. The Morgan fingerprint density at radius 1 is 1.50 bits per heavy atom. The van der Waals surface area contributed by atoms with Crippen molar-refractivity contribution in [1.29, 1.82) is 0 Å². The largest absolute Gasteiger partial charge is 0.384 e. The van der Waals surface area contributed by atoms with E-state index in [-0.39, 0.29) is 5.82 Å². The molecule has 1 aromatic carbocycles. The lowest BCUT2D eigenvalue weighted by Gasteiger charge is -2.06. The molecule has 0 bridgehead atoms. The van der Waals surface area contributed by atoms with E-state index in [1.165, 1.54) is 6.07 Å².